The van der Waals surface area contributed by atoms with Crippen molar-refractivity contribution in [3.63, 3.8) is 0 Å². The Morgan fingerprint density at radius 3 is 2.64 bits per heavy atom. The number of nitrogens with one attached hydrogen (secondary N) is 2. The minimum atomic E-state index is -0.374. The number of hydrogen-bond donors (Lipinski definition) is 3. The molecular weight excluding hydrogens is 276 g/mol. The van der Waals surface area contributed by atoms with Gasteiger partial charge >= 0.3 is 0 Å². The summed E-state index contributed by atoms with van der Waals surface area (Å²) in [6.45, 7) is 2.49. The summed E-state index contributed by atoms with van der Waals surface area (Å²) >= 11 is 0. The quantitative estimate of drug-likeness (QED) is 0.441. The van der Waals surface area contributed by atoms with Crippen LogP contribution in [0.25, 0.3) is 5.76 Å². The molecule has 4 heteroatoms. The van der Waals surface area contributed by atoms with E-state index in [0.29, 0.717) is 18.0 Å². The zero-order valence-corrected chi connectivity index (χ0v) is 13.1. The van der Waals surface area contributed by atoms with Crippen molar-refractivity contribution in [2.75, 3.05) is 6.54 Å². The van der Waals surface area contributed by atoms with E-state index in [1.54, 1.807) is 12.1 Å². The first-order chi connectivity index (χ1) is 10.6. The third-order valence-corrected chi connectivity index (χ3v) is 4.32. The predicted molar refractivity (Wildman–Crippen MR) is 89.1 cm³/mol. The Kier molecular flexibility index (Phi) is 5.75. The van der Waals surface area contributed by atoms with Gasteiger partial charge in [-0.15, -0.1) is 0 Å². The Labute approximate surface area is 131 Å². The number of aliphatic hydroxyl groups excluding tert-OH is 1. The molecule has 2 rings (SSSR count). The molecule has 0 atom stereocenters. The van der Waals surface area contributed by atoms with Crippen LogP contribution >= 0.6 is 0 Å². The van der Waals surface area contributed by atoms with Gasteiger partial charge in [0, 0.05) is 18.3 Å². The molecule has 0 spiro atoms. The molecule has 4 nitrogen and oxygen atoms in total. The van der Waals surface area contributed by atoms with E-state index < -0.39 is 0 Å². The Morgan fingerprint density at radius 2 is 2.00 bits per heavy atom. The van der Waals surface area contributed by atoms with E-state index >= 15 is 0 Å². The van der Waals surface area contributed by atoms with Crippen LogP contribution in [0.4, 0.5) is 0 Å². The lowest BCUT2D eigenvalue weighted by atomic mass is 9.89. The zero-order chi connectivity index (χ0) is 15.9. The Morgan fingerprint density at radius 1 is 1.32 bits per heavy atom. The third-order valence-electron chi connectivity index (χ3n) is 4.32. The molecular formula is C18H24N2O2. The monoisotopic (exact) mass is 300 g/mol. The average Bonchev–Trinajstić information content (AvgIpc) is 2.55. The van der Waals surface area contributed by atoms with Crippen LogP contribution in [-0.2, 0) is 4.79 Å². The van der Waals surface area contributed by atoms with Crippen LogP contribution in [-0.4, -0.2) is 23.8 Å². The smallest absolute Gasteiger partial charge is 0.256 e. The van der Waals surface area contributed by atoms with E-state index in [2.05, 4.69) is 5.32 Å². The molecule has 0 aromatic heterocycles. The van der Waals surface area contributed by atoms with Crippen molar-refractivity contribution in [1.29, 1.82) is 5.41 Å². The first kappa shape index (κ1) is 16.3. The summed E-state index contributed by atoms with van der Waals surface area (Å²) in [4.78, 5) is 12.3. The summed E-state index contributed by atoms with van der Waals surface area (Å²) in [6, 6.07) is 7.30. The van der Waals surface area contributed by atoms with E-state index in [0.717, 1.165) is 24.6 Å². The van der Waals surface area contributed by atoms with Gasteiger partial charge in [0.05, 0.1) is 5.57 Å². The summed E-state index contributed by atoms with van der Waals surface area (Å²) in [5, 5.41) is 20.7. The predicted octanol–water partition coefficient (Wildman–Crippen LogP) is 3.61. The molecule has 1 aromatic rings. The summed E-state index contributed by atoms with van der Waals surface area (Å²) in [7, 11) is 0. The molecule has 0 heterocycles. The van der Waals surface area contributed by atoms with Gasteiger partial charge in [-0.25, -0.2) is 0 Å². The van der Waals surface area contributed by atoms with Crippen LogP contribution in [0, 0.1) is 18.3 Å². The molecule has 3 N–H and O–H groups in total. The number of carbonyl (C=O) groups is 1. The van der Waals surface area contributed by atoms with E-state index in [-0.39, 0.29) is 17.2 Å². The van der Waals surface area contributed by atoms with E-state index in [9.17, 15) is 9.90 Å². The minimum absolute atomic E-state index is 0.0186. The molecule has 0 unspecified atom stereocenters. The molecule has 0 radical (unpaired) electrons. The average molecular weight is 300 g/mol. The van der Waals surface area contributed by atoms with Crippen molar-refractivity contribution in [3.8, 4) is 0 Å². The van der Waals surface area contributed by atoms with Gasteiger partial charge in [-0.3, -0.25) is 4.79 Å². The SMILES string of the molecule is Cc1ccccc1/C(O)=C(/C=N)C(=O)NCC1CCCCC1. The van der Waals surface area contributed by atoms with Crippen LogP contribution < -0.4 is 5.32 Å². The molecule has 0 saturated heterocycles. The van der Waals surface area contributed by atoms with Crippen LogP contribution in [0.3, 0.4) is 0 Å². The molecule has 1 aliphatic carbocycles. The topological polar surface area (TPSA) is 73.2 Å². The van der Waals surface area contributed by atoms with Crippen molar-refractivity contribution in [1.82, 2.24) is 5.32 Å². The van der Waals surface area contributed by atoms with Gasteiger partial charge < -0.3 is 15.8 Å². The van der Waals surface area contributed by atoms with E-state index in [1.165, 1.54) is 19.3 Å². The second-order valence-electron chi connectivity index (χ2n) is 5.94. The Hall–Kier alpha value is -2.10. The molecule has 1 saturated carbocycles. The van der Waals surface area contributed by atoms with Crippen molar-refractivity contribution < 1.29 is 9.90 Å². The fraction of sp³-hybridized carbons (Fsp3) is 0.444. The summed E-state index contributed by atoms with van der Waals surface area (Å²) < 4.78 is 0. The summed E-state index contributed by atoms with van der Waals surface area (Å²) in [6.07, 6.45) is 6.95. The van der Waals surface area contributed by atoms with Gasteiger partial charge in [0.15, 0.2) is 0 Å². The van der Waals surface area contributed by atoms with Gasteiger partial charge in [0.2, 0.25) is 0 Å². The van der Waals surface area contributed by atoms with Crippen LogP contribution in [0.1, 0.15) is 43.2 Å². The van der Waals surface area contributed by atoms with Gasteiger partial charge in [-0.2, -0.15) is 0 Å². The summed E-state index contributed by atoms with van der Waals surface area (Å²) in [5.41, 5.74) is 1.48. The molecule has 0 aliphatic heterocycles. The van der Waals surface area contributed by atoms with Crippen LogP contribution in [0.15, 0.2) is 29.8 Å². The van der Waals surface area contributed by atoms with Crippen molar-refractivity contribution >= 4 is 17.9 Å². The number of carbonyl (C=O) groups excluding carboxylic acids is 1. The molecule has 0 bridgehead atoms. The highest BCUT2D eigenvalue weighted by Gasteiger charge is 2.18. The molecule has 1 fully saturated rings. The largest absolute Gasteiger partial charge is 0.506 e. The number of amides is 1. The fourth-order valence-electron chi connectivity index (χ4n) is 2.95. The van der Waals surface area contributed by atoms with Gasteiger partial charge in [-0.1, -0.05) is 43.5 Å². The lowest BCUT2D eigenvalue weighted by Crippen LogP contribution is -2.32. The number of benzene rings is 1. The summed E-state index contributed by atoms with van der Waals surface area (Å²) in [5.74, 6) is 0.0147. The van der Waals surface area contributed by atoms with Crippen LogP contribution in [0.2, 0.25) is 0 Å². The van der Waals surface area contributed by atoms with Gasteiger partial charge in [-0.05, 0) is 31.2 Å². The fourth-order valence-corrected chi connectivity index (χ4v) is 2.95. The first-order valence-electron chi connectivity index (χ1n) is 7.91. The molecule has 1 aliphatic rings. The van der Waals surface area contributed by atoms with Gasteiger partial charge in [0.1, 0.15) is 5.76 Å². The number of aryl methyl sites for hydroxylation is 1. The highest BCUT2D eigenvalue weighted by Crippen LogP contribution is 2.23. The van der Waals surface area contributed by atoms with Crippen molar-refractivity contribution in [2.45, 2.75) is 39.0 Å². The van der Waals surface area contributed by atoms with E-state index in [4.69, 9.17) is 5.41 Å². The van der Waals surface area contributed by atoms with Gasteiger partial charge in [0.25, 0.3) is 5.91 Å². The number of hydrogen-bond acceptors (Lipinski definition) is 3. The second kappa shape index (κ2) is 7.78. The number of aliphatic hydroxyl groups is 1. The van der Waals surface area contributed by atoms with Crippen LogP contribution in [0.5, 0.6) is 0 Å². The maximum absolute atomic E-state index is 12.3. The zero-order valence-electron chi connectivity index (χ0n) is 13.1. The van der Waals surface area contributed by atoms with E-state index in [1.807, 2.05) is 19.1 Å². The maximum atomic E-state index is 12.3. The lowest BCUT2D eigenvalue weighted by Gasteiger charge is -2.21. The lowest BCUT2D eigenvalue weighted by molar-refractivity contribution is -0.117. The first-order valence-corrected chi connectivity index (χ1v) is 7.91. The molecule has 118 valence electrons. The molecule has 1 aromatic carbocycles. The van der Waals surface area contributed by atoms with Crippen molar-refractivity contribution in [2.24, 2.45) is 5.92 Å². The second-order valence-corrected chi connectivity index (χ2v) is 5.94. The third kappa shape index (κ3) is 3.97. The molecule has 22 heavy (non-hydrogen) atoms. The Balaban J connectivity index is 2.09. The standard InChI is InChI=1S/C18H24N2O2/c1-13-7-5-6-10-15(13)17(21)16(11-19)18(22)20-12-14-8-3-2-4-9-14/h5-7,10-11,14,19,21H,2-4,8-9,12H2,1H3,(H,20,22)/b17-16+,19-11?. The highest BCUT2D eigenvalue weighted by atomic mass is 16.3. The van der Waals surface area contributed by atoms with Crippen molar-refractivity contribution in [3.05, 3.63) is 41.0 Å². The minimum Gasteiger partial charge on any atom is -0.506 e. The highest BCUT2D eigenvalue weighted by molar-refractivity contribution is 6.16. The maximum Gasteiger partial charge on any atom is 0.256 e. The Bertz CT molecular complexity index is 572. The number of rotatable bonds is 5. The molecule has 1 amide bonds. The normalized spacial score (nSPS) is 16.8.